The number of carboxylic acid groups (broad SMARTS) is 1. The summed E-state index contributed by atoms with van der Waals surface area (Å²) in [6.07, 6.45) is -4.12. The molecule has 0 radical (unpaired) electrons. The van der Waals surface area contributed by atoms with Crippen molar-refractivity contribution in [1.29, 1.82) is 0 Å². The van der Waals surface area contributed by atoms with Crippen LogP contribution in [0.3, 0.4) is 0 Å². The highest BCUT2D eigenvalue weighted by Gasteiger charge is 2.29. The fraction of sp³-hybridized carbons (Fsp3) is 0.462. The zero-order valence-electron chi connectivity index (χ0n) is 10.6. The van der Waals surface area contributed by atoms with Crippen LogP contribution in [-0.2, 0) is 17.4 Å². The monoisotopic (exact) mass is 262 g/mol. The van der Waals surface area contributed by atoms with E-state index in [1.165, 1.54) is 19.1 Å². The maximum absolute atomic E-state index is 12.2. The summed E-state index contributed by atoms with van der Waals surface area (Å²) in [5, 5.41) is 8.65. The van der Waals surface area contributed by atoms with Crippen molar-refractivity contribution in [1.82, 2.24) is 0 Å². The van der Waals surface area contributed by atoms with Gasteiger partial charge in [-0.1, -0.05) is 32.9 Å². The Morgan fingerprint density at radius 3 is 2.00 bits per heavy atom. The molecule has 1 aromatic rings. The van der Waals surface area contributed by atoms with Crippen molar-refractivity contribution >= 4 is 5.97 Å². The number of rotatable bonds is 3. The van der Waals surface area contributed by atoms with Crippen LogP contribution in [0.25, 0.3) is 0 Å². The smallest absolute Gasteiger partial charge is 0.416 e. The van der Waals surface area contributed by atoms with Gasteiger partial charge in [-0.3, -0.25) is 4.79 Å². The standard InChI is InChI=1S/C11H11F3O2.C2H6/c1-7(10(15)16)6-8-2-4-9(5-3-8)11(12,13)14;1-2/h2-5,7H,6H2,1H3,(H,15,16);1-2H3. The zero-order valence-corrected chi connectivity index (χ0v) is 10.6. The van der Waals surface area contributed by atoms with Gasteiger partial charge in [-0.15, -0.1) is 0 Å². The third-order valence-corrected chi connectivity index (χ3v) is 2.24. The molecule has 0 saturated carbocycles. The topological polar surface area (TPSA) is 37.3 Å². The minimum absolute atomic E-state index is 0.230. The van der Waals surface area contributed by atoms with Crippen molar-refractivity contribution in [2.75, 3.05) is 0 Å². The highest BCUT2D eigenvalue weighted by Crippen LogP contribution is 2.29. The SMILES string of the molecule is CC.CC(Cc1ccc(C(F)(F)F)cc1)C(=O)O. The van der Waals surface area contributed by atoms with Gasteiger partial charge < -0.3 is 5.11 Å². The summed E-state index contributed by atoms with van der Waals surface area (Å²) in [5.74, 6) is -1.56. The van der Waals surface area contributed by atoms with Gasteiger partial charge in [0, 0.05) is 0 Å². The highest BCUT2D eigenvalue weighted by atomic mass is 19.4. The molecule has 1 aromatic carbocycles. The van der Waals surface area contributed by atoms with E-state index >= 15 is 0 Å². The molecule has 0 spiro atoms. The second kappa shape index (κ2) is 7.03. The van der Waals surface area contributed by atoms with Crippen molar-refractivity contribution in [2.24, 2.45) is 5.92 Å². The van der Waals surface area contributed by atoms with Crippen LogP contribution in [-0.4, -0.2) is 11.1 Å². The van der Waals surface area contributed by atoms with E-state index in [1.807, 2.05) is 13.8 Å². The summed E-state index contributed by atoms with van der Waals surface area (Å²) < 4.78 is 36.6. The Bertz CT molecular complexity index is 369. The summed E-state index contributed by atoms with van der Waals surface area (Å²) in [5.41, 5.74) is -0.137. The summed E-state index contributed by atoms with van der Waals surface area (Å²) in [7, 11) is 0. The van der Waals surface area contributed by atoms with Crippen molar-refractivity contribution in [2.45, 2.75) is 33.4 Å². The van der Waals surface area contributed by atoms with E-state index in [9.17, 15) is 18.0 Å². The number of carbonyl (C=O) groups is 1. The molecular formula is C13H17F3O2. The third-order valence-electron chi connectivity index (χ3n) is 2.24. The van der Waals surface area contributed by atoms with Gasteiger partial charge in [0.1, 0.15) is 0 Å². The summed E-state index contributed by atoms with van der Waals surface area (Å²) >= 11 is 0. The lowest BCUT2D eigenvalue weighted by molar-refractivity contribution is -0.141. The number of halogens is 3. The molecule has 0 aliphatic rings. The quantitative estimate of drug-likeness (QED) is 0.894. The fourth-order valence-corrected chi connectivity index (χ4v) is 1.27. The summed E-state index contributed by atoms with van der Waals surface area (Å²) in [4.78, 5) is 10.5. The molecule has 0 bridgehead atoms. The van der Waals surface area contributed by atoms with Crippen molar-refractivity contribution in [3.8, 4) is 0 Å². The molecule has 1 rings (SSSR count). The maximum Gasteiger partial charge on any atom is 0.416 e. The van der Waals surface area contributed by atoms with E-state index in [0.29, 0.717) is 5.56 Å². The van der Waals surface area contributed by atoms with E-state index < -0.39 is 23.6 Å². The van der Waals surface area contributed by atoms with Gasteiger partial charge in [0.2, 0.25) is 0 Å². The zero-order chi connectivity index (χ0) is 14.3. The predicted octanol–water partition coefficient (Wildman–Crippen LogP) is 3.99. The normalized spacial score (nSPS) is 12.3. The fourth-order valence-electron chi connectivity index (χ4n) is 1.27. The molecule has 1 N–H and O–H groups in total. The molecule has 0 aromatic heterocycles. The summed E-state index contributed by atoms with van der Waals surface area (Å²) in [6.45, 7) is 5.51. The molecular weight excluding hydrogens is 245 g/mol. The summed E-state index contributed by atoms with van der Waals surface area (Å²) in [6, 6.07) is 4.54. The minimum Gasteiger partial charge on any atom is -0.481 e. The van der Waals surface area contributed by atoms with E-state index in [0.717, 1.165) is 12.1 Å². The highest BCUT2D eigenvalue weighted by molar-refractivity contribution is 5.69. The Kier molecular flexibility index (Phi) is 6.44. The number of hydrogen-bond donors (Lipinski definition) is 1. The van der Waals surface area contributed by atoms with Gasteiger partial charge in [-0.25, -0.2) is 0 Å². The van der Waals surface area contributed by atoms with E-state index in [1.54, 1.807) is 0 Å². The van der Waals surface area contributed by atoms with Crippen LogP contribution >= 0.6 is 0 Å². The Morgan fingerprint density at radius 2 is 1.67 bits per heavy atom. The molecule has 0 saturated heterocycles. The van der Waals surface area contributed by atoms with Crippen LogP contribution < -0.4 is 0 Å². The van der Waals surface area contributed by atoms with Gasteiger partial charge in [0.05, 0.1) is 11.5 Å². The Balaban J connectivity index is 0.00000137. The molecule has 0 amide bonds. The van der Waals surface area contributed by atoms with Crippen LogP contribution in [0.5, 0.6) is 0 Å². The van der Waals surface area contributed by atoms with E-state index in [-0.39, 0.29) is 6.42 Å². The average molecular weight is 262 g/mol. The first-order valence-electron chi connectivity index (χ1n) is 5.69. The molecule has 0 aliphatic heterocycles. The van der Waals surface area contributed by atoms with Gasteiger partial charge in [0.25, 0.3) is 0 Å². The largest absolute Gasteiger partial charge is 0.481 e. The second-order valence-corrected chi connectivity index (χ2v) is 3.64. The number of aliphatic carboxylic acids is 1. The minimum atomic E-state index is -4.35. The molecule has 0 fully saturated rings. The van der Waals surface area contributed by atoms with Crippen LogP contribution in [0.4, 0.5) is 13.2 Å². The average Bonchev–Trinajstić information content (AvgIpc) is 2.31. The maximum atomic E-state index is 12.2. The lowest BCUT2D eigenvalue weighted by Crippen LogP contribution is -2.12. The Labute approximate surface area is 104 Å². The van der Waals surface area contributed by atoms with Crippen molar-refractivity contribution in [3.63, 3.8) is 0 Å². The number of alkyl halides is 3. The molecule has 102 valence electrons. The van der Waals surface area contributed by atoms with Gasteiger partial charge >= 0.3 is 12.1 Å². The molecule has 2 nitrogen and oxygen atoms in total. The van der Waals surface area contributed by atoms with Crippen molar-refractivity contribution < 1.29 is 23.1 Å². The van der Waals surface area contributed by atoms with Crippen LogP contribution in [0.2, 0.25) is 0 Å². The first-order chi connectivity index (χ1) is 8.30. The van der Waals surface area contributed by atoms with Crippen LogP contribution in [0.1, 0.15) is 31.9 Å². The Morgan fingerprint density at radius 1 is 1.22 bits per heavy atom. The first-order valence-corrected chi connectivity index (χ1v) is 5.69. The molecule has 5 heteroatoms. The van der Waals surface area contributed by atoms with E-state index in [2.05, 4.69) is 0 Å². The third kappa shape index (κ3) is 5.21. The van der Waals surface area contributed by atoms with Gasteiger partial charge in [-0.2, -0.15) is 13.2 Å². The molecule has 0 aliphatic carbocycles. The molecule has 1 unspecified atom stereocenters. The predicted molar refractivity (Wildman–Crippen MR) is 63.3 cm³/mol. The molecule has 0 heterocycles. The lowest BCUT2D eigenvalue weighted by Gasteiger charge is -2.09. The second-order valence-electron chi connectivity index (χ2n) is 3.64. The van der Waals surface area contributed by atoms with Gasteiger partial charge in [-0.05, 0) is 24.1 Å². The molecule has 18 heavy (non-hydrogen) atoms. The first kappa shape index (κ1) is 16.5. The van der Waals surface area contributed by atoms with Crippen molar-refractivity contribution in [3.05, 3.63) is 35.4 Å². The Hall–Kier alpha value is -1.52. The molecule has 1 atom stereocenters. The van der Waals surface area contributed by atoms with Crippen LogP contribution in [0, 0.1) is 5.92 Å². The lowest BCUT2D eigenvalue weighted by atomic mass is 10.0. The van der Waals surface area contributed by atoms with Crippen LogP contribution in [0.15, 0.2) is 24.3 Å². The van der Waals surface area contributed by atoms with E-state index in [4.69, 9.17) is 5.11 Å². The number of hydrogen-bond acceptors (Lipinski definition) is 1. The number of benzene rings is 1. The number of carboxylic acids is 1. The van der Waals surface area contributed by atoms with Gasteiger partial charge in [0.15, 0.2) is 0 Å².